The first kappa shape index (κ1) is 23.8. The summed E-state index contributed by atoms with van der Waals surface area (Å²) in [6.07, 6.45) is -0.522. The summed E-state index contributed by atoms with van der Waals surface area (Å²) < 4.78 is 30.5. The lowest BCUT2D eigenvalue weighted by Crippen LogP contribution is -2.31. The number of halogens is 1. The number of pyridine rings is 1. The maximum Gasteiger partial charge on any atom is 0.414 e. The van der Waals surface area contributed by atoms with Crippen LogP contribution < -0.4 is 25.0 Å². The van der Waals surface area contributed by atoms with Crippen molar-refractivity contribution in [2.24, 2.45) is 0 Å². The fourth-order valence-electron chi connectivity index (χ4n) is 4.35. The summed E-state index contributed by atoms with van der Waals surface area (Å²) in [4.78, 5) is 29.6. The van der Waals surface area contributed by atoms with Gasteiger partial charge in [-0.05, 0) is 36.4 Å². The number of hydrogen-bond acceptors (Lipinski definition) is 8. The van der Waals surface area contributed by atoms with E-state index in [1.165, 1.54) is 18.2 Å². The quantitative estimate of drug-likeness (QED) is 0.435. The molecule has 0 unspecified atom stereocenters. The Hall–Kier alpha value is -3.96. The number of cyclic esters (lactones) is 1. The molecule has 2 aliphatic rings. The Morgan fingerprint density at radius 1 is 1.31 bits per heavy atom. The number of nitrogens with one attached hydrogen (secondary N) is 2. The molecule has 1 fully saturated rings. The predicted molar refractivity (Wildman–Crippen MR) is 129 cm³/mol. The van der Waals surface area contributed by atoms with Crippen molar-refractivity contribution < 1.29 is 33.3 Å². The normalized spacial score (nSPS) is 17.9. The fraction of sp³-hybridized carbons (Fsp3) is 0.320. The van der Waals surface area contributed by atoms with Gasteiger partial charge >= 0.3 is 6.09 Å². The van der Waals surface area contributed by atoms with E-state index in [2.05, 4.69) is 15.6 Å². The maximum absolute atomic E-state index is 14.5. The van der Waals surface area contributed by atoms with Crippen LogP contribution in [0, 0.1) is 5.82 Å². The van der Waals surface area contributed by atoms with Gasteiger partial charge in [0.2, 0.25) is 0 Å². The number of aliphatic hydroxyl groups is 1. The Morgan fingerprint density at radius 3 is 3.00 bits per heavy atom. The summed E-state index contributed by atoms with van der Waals surface area (Å²) >= 11 is 0. The smallest absolute Gasteiger partial charge is 0.414 e. The van der Waals surface area contributed by atoms with Crippen LogP contribution in [0.4, 0.5) is 20.6 Å². The third-order valence-corrected chi connectivity index (χ3v) is 6.13. The van der Waals surface area contributed by atoms with Crippen LogP contribution in [0.3, 0.4) is 0 Å². The fourth-order valence-corrected chi connectivity index (χ4v) is 4.35. The number of hydrogen-bond donors (Lipinski definition) is 3. The highest BCUT2D eigenvalue weighted by Gasteiger charge is 2.34. The first-order chi connectivity index (χ1) is 17.4. The summed E-state index contributed by atoms with van der Waals surface area (Å²) in [6.45, 7) is 0.537. The summed E-state index contributed by atoms with van der Waals surface area (Å²) in [6, 6.07) is 10.3. The Bertz CT molecular complexity index is 1320. The zero-order valence-corrected chi connectivity index (χ0v) is 19.5. The minimum absolute atomic E-state index is 0.0513. The molecule has 0 spiro atoms. The van der Waals surface area contributed by atoms with Crippen molar-refractivity contribution >= 4 is 34.3 Å². The van der Waals surface area contributed by atoms with Gasteiger partial charge in [0.15, 0.2) is 6.61 Å². The van der Waals surface area contributed by atoms with E-state index in [1.807, 2.05) is 0 Å². The van der Waals surface area contributed by atoms with E-state index in [9.17, 15) is 19.1 Å². The van der Waals surface area contributed by atoms with Gasteiger partial charge in [0.05, 0.1) is 37.2 Å². The summed E-state index contributed by atoms with van der Waals surface area (Å²) in [5, 5.41) is 16.9. The van der Waals surface area contributed by atoms with Crippen molar-refractivity contribution in [2.45, 2.75) is 25.2 Å². The van der Waals surface area contributed by atoms with Crippen LogP contribution in [0.2, 0.25) is 0 Å². The molecule has 2 aromatic carbocycles. The van der Waals surface area contributed by atoms with E-state index in [4.69, 9.17) is 14.2 Å². The van der Waals surface area contributed by atoms with Crippen LogP contribution in [0.5, 0.6) is 11.5 Å². The average Bonchev–Trinajstić information content (AvgIpc) is 3.24. The molecule has 188 valence electrons. The molecule has 0 bridgehead atoms. The number of ether oxygens (including phenoxy) is 3. The standard InChI is InChI=1S/C25H25FN4O6/c1-34-16-3-4-21-18(8-16)19(20(26)11-28-21)10-27-9-15(31)7-17-12-30(25(33)36-17)14-2-5-23-22(6-14)29-24(32)13-35-23/h2-6,8,11,15,17,27,31H,7,9-10,12-13H2,1H3,(H,29,32)/t15-,17+/m0/s1. The highest BCUT2D eigenvalue weighted by Crippen LogP contribution is 2.34. The van der Waals surface area contributed by atoms with Crippen molar-refractivity contribution in [3.8, 4) is 11.5 Å². The second kappa shape index (κ2) is 9.96. The Balaban J connectivity index is 1.17. The average molecular weight is 496 g/mol. The monoisotopic (exact) mass is 496 g/mol. The largest absolute Gasteiger partial charge is 0.497 e. The molecule has 0 aliphatic carbocycles. The van der Waals surface area contributed by atoms with Gasteiger partial charge in [-0.3, -0.25) is 14.7 Å². The van der Waals surface area contributed by atoms with E-state index < -0.39 is 24.1 Å². The van der Waals surface area contributed by atoms with Crippen LogP contribution in [0.1, 0.15) is 12.0 Å². The molecule has 0 radical (unpaired) electrons. The minimum Gasteiger partial charge on any atom is -0.497 e. The maximum atomic E-state index is 14.5. The molecular weight excluding hydrogens is 471 g/mol. The molecule has 2 atom stereocenters. The number of aromatic nitrogens is 1. The molecule has 36 heavy (non-hydrogen) atoms. The van der Waals surface area contributed by atoms with Gasteiger partial charge in [0, 0.05) is 36.1 Å². The van der Waals surface area contributed by atoms with E-state index in [0.29, 0.717) is 39.3 Å². The third-order valence-electron chi connectivity index (χ3n) is 6.13. The van der Waals surface area contributed by atoms with Gasteiger partial charge < -0.3 is 30.0 Å². The molecule has 11 heteroatoms. The highest BCUT2D eigenvalue weighted by atomic mass is 19.1. The molecule has 3 aromatic rings. The van der Waals surface area contributed by atoms with E-state index in [0.717, 1.165) is 0 Å². The van der Waals surface area contributed by atoms with Crippen LogP contribution in [0.25, 0.3) is 10.9 Å². The first-order valence-corrected chi connectivity index (χ1v) is 11.5. The molecule has 1 aromatic heterocycles. The van der Waals surface area contributed by atoms with Crippen molar-refractivity contribution in [3.05, 3.63) is 54.0 Å². The molecule has 10 nitrogen and oxygen atoms in total. The number of anilines is 2. The SMILES string of the molecule is COc1ccc2ncc(F)c(CNC[C@@H](O)C[C@@H]3CN(c4ccc5c(c4)NC(=O)CO5)C(=O)O3)c2c1. The Labute approximate surface area is 206 Å². The van der Waals surface area contributed by atoms with Crippen molar-refractivity contribution in [3.63, 3.8) is 0 Å². The van der Waals surface area contributed by atoms with Crippen molar-refractivity contribution in [2.75, 3.05) is 37.0 Å². The van der Waals surface area contributed by atoms with Gasteiger partial charge in [-0.2, -0.15) is 0 Å². The molecule has 1 saturated heterocycles. The predicted octanol–water partition coefficient (Wildman–Crippen LogP) is 2.58. The number of rotatable bonds is 8. The lowest BCUT2D eigenvalue weighted by Gasteiger charge is -2.21. The Kier molecular flexibility index (Phi) is 6.57. The van der Waals surface area contributed by atoms with Gasteiger partial charge in [0.1, 0.15) is 23.4 Å². The first-order valence-electron chi connectivity index (χ1n) is 11.5. The molecule has 0 saturated carbocycles. The lowest BCUT2D eigenvalue weighted by molar-refractivity contribution is -0.118. The zero-order valence-electron chi connectivity index (χ0n) is 19.5. The van der Waals surface area contributed by atoms with Gasteiger partial charge in [-0.15, -0.1) is 0 Å². The number of methoxy groups -OCH3 is 1. The van der Waals surface area contributed by atoms with Gasteiger partial charge in [0.25, 0.3) is 5.91 Å². The minimum atomic E-state index is -0.829. The van der Waals surface area contributed by atoms with Crippen molar-refractivity contribution in [1.29, 1.82) is 0 Å². The van der Waals surface area contributed by atoms with Crippen LogP contribution >= 0.6 is 0 Å². The number of benzene rings is 2. The molecule has 5 rings (SSSR count). The number of fused-ring (bicyclic) bond motifs is 2. The van der Waals surface area contributed by atoms with Crippen molar-refractivity contribution in [1.82, 2.24) is 10.3 Å². The lowest BCUT2D eigenvalue weighted by atomic mass is 10.1. The number of carbonyl (C=O) groups excluding carboxylic acids is 2. The third kappa shape index (κ3) is 4.88. The molecule has 3 heterocycles. The number of amides is 2. The molecule has 2 amide bonds. The Morgan fingerprint density at radius 2 is 2.17 bits per heavy atom. The number of aliphatic hydroxyl groups excluding tert-OH is 1. The van der Waals surface area contributed by atoms with E-state index in [-0.39, 0.29) is 38.6 Å². The summed E-state index contributed by atoms with van der Waals surface area (Å²) in [5.41, 5.74) is 2.10. The zero-order chi connectivity index (χ0) is 25.2. The van der Waals surface area contributed by atoms with Crippen LogP contribution in [0.15, 0.2) is 42.6 Å². The van der Waals surface area contributed by atoms with Gasteiger partial charge in [-0.25, -0.2) is 9.18 Å². The van der Waals surface area contributed by atoms with Gasteiger partial charge in [-0.1, -0.05) is 0 Å². The molecule has 3 N–H and O–H groups in total. The number of nitrogens with zero attached hydrogens (tertiary/aromatic N) is 2. The molecule has 2 aliphatic heterocycles. The topological polar surface area (TPSA) is 122 Å². The van der Waals surface area contributed by atoms with E-state index in [1.54, 1.807) is 36.4 Å². The van der Waals surface area contributed by atoms with E-state index >= 15 is 0 Å². The summed E-state index contributed by atoms with van der Waals surface area (Å²) in [7, 11) is 1.54. The van der Waals surface area contributed by atoms with Crippen LogP contribution in [-0.4, -0.2) is 61.1 Å². The van der Waals surface area contributed by atoms with Crippen LogP contribution in [-0.2, 0) is 16.1 Å². The second-order valence-corrected chi connectivity index (χ2v) is 8.62. The summed E-state index contributed by atoms with van der Waals surface area (Å²) in [5.74, 6) is 0.402. The highest BCUT2D eigenvalue weighted by molar-refractivity contribution is 5.97. The number of carbonyl (C=O) groups is 2. The second-order valence-electron chi connectivity index (χ2n) is 8.62. The molecular formula is C25H25FN4O6.